The Bertz CT molecular complexity index is 1610. The largest absolute Gasteiger partial charge is 0.507 e. The van der Waals surface area contributed by atoms with Crippen molar-refractivity contribution in [1.82, 2.24) is 0 Å². The predicted molar refractivity (Wildman–Crippen MR) is 156 cm³/mol. The van der Waals surface area contributed by atoms with Crippen molar-refractivity contribution in [2.45, 2.75) is 33.4 Å². The van der Waals surface area contributed by atoms with Gasteiger partial charge in [0.2, 0.25) is 0 Å². The van der Waals surface area contributed by atoms with Crippen LogP contribution in [0, 0.1) is 20.8 Å². The highest BCUT2D eigenvalue weighted by Crippen LogP contribution is 2.43. The molecule has 1 heterocycles. The Hall–Kier alpha value is -4.84. The first kappa shape index (κ1) is 26.8. The van der Waals surface area contributed by atoms with Gasteiger partial charge >= 0.3 is 0 Å². The number of Topliss-reactive ketones (excluding diaryl/α,β-unsaturated/α-hetero) is 1. The highest BCUT2D eigenvalue weighted by molar-refractivity contribution is 6.51. The van der Waals surface area contributed by atoms with E-state index in [-0.39, 0.29) is 11.3 Å². The minimum atomic E-state index is -0.818. The second-order valence-electron chi connectivity index (χ2n) is 9.99. The monoisotopic (exact) mass is 533 g/mol. The lowest BCUT2D eigenvalue weighted by molar-refractivity contribution is -0.132. The third kappa shape index (κ3) is 5.08. The first-order valence-electron chi connectivity index (χ1n) is 13.1. The molecule has 1 saturated heterocycles. The Kier molecular flexibility index (Phi) is 7.43. The van der Waals surface area contributed by atoms with Crippen LogP contribution in [0.25, 0.3) is 5.76 Å². The summed E-state index contributed by atoms with van der Waals surface area (Å²) < 4.78 is 11.3. The Morgan fingerprint density at radius 2 is 1.57 bits per heavy atom. The van der Waals surface area contributed by atoms with Crippen LogP contribution >= 0.6 is 0 Å². The average Bonchev–Trinajstić information content (AvgIpc) is 3.22. The average molecular weight is 534 g/mol. The number of methoxy groups -OCH3 is 1. The van der Waals surface area contributed by atoms with Gasteiger partial charge in [0.25, 0.3) is 11.7 Å². The maximum Gasteiger partial charge on any atom is 0.300 e. The first-order chi connectivity index (χ1) is 19.3. The van der Waals surface area contributed by atoms with Gasteiger partial charge < -0.3 is 14.6 Å². The van der Waals surface area contributed by atoms with Gasteiger partial charge in [0.15, 0.2) is 0 Å². The van der Waals surface area contributed by atoms with Crippen LogP contribution in [0.3, 0.4) is 0 Å². The van der Waals surface area contributed by atoms with Gasteiger partial charge in [0, 0.05) is 11.3 Å². The second kappa shape index (κ2) is 11.1. The second-order valence-corrected chi connectivity index (χ2v) is 9.99. The summed E-state index contributed by atoms with van der Waals surface area (Å²) in [5.41, 5.74) is 5.51. The lowest BCUT2D eigenvalue weighted by Gasteiger charge is -2.27. The van der Waals surface area contributed by atoms with Gasteiger partial charge in [-0.05, 0) is 79.4 Å². The Morgan fingerprint density at radius 3 is 2.23 bits per heavy atom. The molecule has 1 unspecified atom stereocenters. The van der Waals surface area contributed by atoms with Crippen LogP contribution in [-0.4, -0.2) is 23.9 Å². The van der Waals surface area contributed by atoms with E-state index in [4.69, 9.17) is 9.47 Å². The minimum absolute atomic E-state index is 0.0347. The number of carbonyl (C=O) groups excluding carboxylic acids is 2. The van der Waals surface area contributed by atoms with E-state index >= 15 is 0 Å². The summed E-state index contributed by atoms with van der Waals surface area (Å²) in [7, 11) is 1.58. The zero-order chi connectivity index (χ0) is 28.4. The van der Waals surface area contributed by atoms with Crippen LogP contribution in [0.2, 0.25) is 0 Å². The van der Waals surface area contributed by atoms with Crippen molar-refractivity contribution in [2.24, 2.45) is 0 Å². The van der Waals surface area contributed by atoms with Crippen LogP contribution in [0.5, 0.6) is 11.5 Å². The summed E-state index contributed by atoms with van der Waals surface area (Å²) in [5.74, 6) is -0.338. The van der Waals surface area contributed by atoms with E-state index in [1.54, 1.807) is 37.4 Å². The molecule has 0 bridgehead atoms. The number of carbonyl (C=O) groups is 2. The molecular formula is C34H31NO5. The molecule has 5 rings (SSSR count). The first-order valence-corrected chi connectivity index (χ1v) is 13.1. The van der Waals surface area contributed by atoms with Gasteiger partial charge in [-0.1, -0.05) is 60.2 Å². The number of aryl methyl sites for hydroxylation is 3. The van der Waals surface area contributed by atoms with Crippen molar-refractivity contribution in [1.29, 1.82) is 0 Å². The molecule has 0 aliphatic carbocycles. The molecule has 0 saturated carbocycles. The number of anilines is 1. The van der Waals surface area contributed by atoms with Gasteiger partial charge in [0.05, 0.1) is 18.7 Å². The molecule has 1 atom stereocenters. The summed E-state index contributed by atoms with van der Waals surface area (Å²) in [6.45, 7) is 6.17. The van der Waals surface area contributed by atoms with Crippen molar-refractivity contribution < 1.29 is 24.2 Å². The van der Waals surface area contributed by atoms with Crippen molar-refractivity contribution in [3.8, 4) is 11.5 Å². The molecule has 1 fully saturated rings. The molecule has 4 aromatic rings. The summed E-state index contributed by atoms with van der Waals surface area (Å²) >= 11 is 0. The van der Waals surface area contributed by atoms with Crippen molar-refractivity contribution in [2.75, 3.05) is 12.0 Å². The number of ketones is 1. The number of rotatable bonds is 7. The van der Waals surface area contributed by atoms with Crippen LogP contribution in [0.15, 0.2) is 96.6 Å². The molecule has 0 aromatic heterocycles. The number of aliphatic hydroxyl groups excluding tert-OH is 1. The van der Waals surface area contributed by atoms with Gasteiger partial charge in [-0.2, -0.15) is 0 Å². The fourth-order valence-corrected chi connectivity index (χ4v) is 5.11. The lowest BCUT2D eigenvalue weighted by Crippen LogP contribution is -2.30. The molecule has 1 amide bonds. The van der Waals surface area contributed by atoms with Crippen LogP contribution < -0.4 is 14.4 Å². The van der Waals surface area contributed by atoms with Crippen LogP contribution in [0.1, 0.15) is 39.4 Å². The standard InChI is InChI=1S/C34H31NO5/c1-21-10-16-28(22(2)18-21)35-31(25-11-14-27(39-4)15-12-25)30(33(37)34(35)38)32(36)26-13-17-29(23(3)19-26)40-20-24-8-6-5-7-9-24/h5-19,31,36H,20H2,1-4H3/b32-30+. The Labute approximate surface area is 234 Å². The highest BCUT2D eigenvalue weighted by Gasteiger charge is 2.47. The van der Waals surface area contributed by atoms with E-state index in [9.17, 15) is 14.7 Å². The number of hydrogen-bond acceptors (Lipinski definition) is 5. The van der Waals surface area contributed by atoms with Crippen molar-refractivity contribution in [3.05, 3.63) is 130 Å². The molecular weight excluding hydrogens is 502 g/mol. The summed E-state index contributed by atoms with van der Waals surface area (Å²) in [5, 5.41) is 11.6. The zero-order valence-electron chi connectivity index (χ0n) is 23.0. The maximum atomic E-state index is 13.5. The summed E-state index contributed by atoms with van der Waals surface area (Å²) in [4.78, 5) is 28.5. The van der Waals surface area contributed by atoms with Crippen molar-refractivity contribution in [3.63, 3.8) is 0 Å². The quantitative estimate of drug-likeness (QED) is 0.160. The topological polar surface area (TPSA) is 76.1 Å². The normalized spacial score (nSPS) is 16.3. The fourth-order valence-electron chi connectivity index (χ4n) is 5.11. The molecule has 4 aromatic carbocycles. The minimum Gasteiger partial charge on any atom is -0.507 e. The van der Waals surface area contributed by atoms with Crippen LogP contribution in [0.4, 0.5) is 5.69 Å². The molecule has 0 radical (unpaired) electrons. The van der Waals surface area contributed by atoms with E-state index in [0.717, 1.165) is 22.3 Å². The van der Waals surface area contributed by atoms with E-state index in [1.165, 1.54) is 4.90 Å². The van der Waals surface area contributed by atoms with E-state index < -0.39 is 17.7 Å². The number of hydrogen-bond donors (Lipinski definition) is 1. The highest BCUT2D eigenvalue weighted by atomic mass is 16.5. The Morgan fingerprint density at radius 1 is 0.850 bits per heavy atom. The SMILES string of the molecule is COc1ccc(C2/C(=C(\O)c3ccc(OCc4ccccc4)c(C)c3)C(=O)C(=O)N2c2ccc(C)cc2C)cc1. The fraction of sp³-hybridized carbons (Fsp3) is 0.176. The van der Waals surface area contributed by atoms with E-state index in [2.05, 4.69) is 0 Å². The number of nitrogens with zero attached hydrogens (tertiary/aromatic N) is 1. The maximum absolute atomic E-state index is 13.5. The molecule has 1 aliphatic heterocycles. The summed E-state index contributed by atoms with van der Waals surface area (Å²) in [6.07, 6.45) is 0. The third-order valence-corrected chi connectivity index (χ3v) is 7.17. The number of benzene rings is 4. The molecule has 6 heteroatoms. The van der Waals surface area contributed by atoms with Gasteiger partial charge in [-0.3, -0.25) is 14.5 Å². The van der Waals surface area contributed by atoms with Gasteiger partial charge in [-0.25, -0.2) is 0 Å². The molecule has 40 heavy (non-hydrogen) atoms. The van der Waals surface area contributed by atoms with E-state index in [1.807, 2.05) is 81.4 Å². The molecule has 6 nitrogen and oxygen atoms in total. The smallest absolute Gasteiger partial charge is 0.300 e. The number of ether oxygens (including phenoxy) is 2. The predicted octanol–water partition coefficient (Wildman–Crippen LogP) is 6.83. The number of aliphatic hydroxyl groups is 1. The molecule has 202 valence electrons. The Balaban J connectivity index is 1.58. The van der Waals surface area contributed by atoms with E-state index in [0.29, 0.717) is 34.9 Å². The molecule has 0 spiro atoms. The van der Waals surface area contributed by atoms with Crippen molar-refractivity contribution >= 4 is 23.1 Å². The summed E-state index contributed by atoms with van der Waals surface area (Å²) in [6, 6.07) is 27.2. The van der Waals surface area contributed by atoms with Gasteiger partial charge in [-0.15, -0.1) is 0 Å². The van der Waals surface area contributed by atoms with Gasteiger partial charge in [0.1, 0.15) is 23.9 Å². The lowest BCUT2D eigenvalue weighted by atomic mass is 9.94. The third-order valence-electron chi connectivity index (χ3n) is 7.17. The zero-order valence-corrected chi connectivity index (χ0v) is 23.0. The molecule has 1 N–H and O–H groups in total. The number of amides is 1. The molecule has 1 aliphatic rings. The van der Waals surface area contributed by atoms with Crippen LogP contribution in [-0.2, 0) is 16.2 Å².